The van der Waals surface area contributed by atoms with Gasteiger partial charge >= 0.3 is 6.03 Å². The number of nitrogens with zero attached hydrogens (tertiary/aromatic N) is 2. The van der Waals surface area contributed by atoms with Crippen molar-refractivity contribution in [3.8, 4) is 0 Å². The lowest BCUT2D eigenvalue weighted by Crippen LogP contribution is -2.56. The normalized spacial score (nSPS) is 22.6. The predicted molar refractivity (Wildman–Crippen MR) is 101 cm³/mol. The zero-order valence-electron chi connectivity index (χ0n) is 16.0. The first kappa shape index (κ1) is 18.9. The summed E-state index contributed by atoms with van der Waals surface area (Å²) >= 11 is 0. The molecule has 1 aliphatic carbocycles. The number of benzene rings is 1. The molecule has 3 fully saturated rings. The molecule has 1 saturated carbocycles. The highest BCUT2D eigenvalue weighted by Gasteiger charge is 2.52. The summed E-state index contributed by atoms with van der Waals surface area (Å²) < 4.78 is 13.1. The highest BCUT2D eigenvalue weighted by Crippen LogP contribution is 2.32. The molecule has 4 amide bonds. The predicted octanol–water partition coefficient (Wildman–Crippen LogP) is 2.82. The van der Waals surface area contributed by atoms with Crippen LogP contribution in [0.2, 0.25) is 0 Å². The summed E-state index contributed by atoms with van der Waals surface area (Å²) in [6.07, 6.45) is 6.23. The van der Waals surface area contributed by atoms with Gasteiger partial charge in [-0.05, 0) is 43.4 Å². The molecule has 1 aromatic carbocycles. The van der Waals surface area contributed by atoms with Gasteiger partial charge in [-0.3, -0.25) is 14.5 Å². The monoisotopic (exact) mass is 387 g/mol. The summed E-state index contributed by atoms with van der Waals surface area (Å²) in [5, 5.41) is 2.87. The van der Waals surface area contributed by atoms with Gasteiger partial charge in [-0.25, -0.2) is 9.18 Å². The number of imide groups is 1. The van der Waals surface area contributed by atoms with E-state index in [1.165, 1.54) is 23.5 Å². The maximum Gasteiger partial charge on any atom is 0.325 e. The van der Waals surface area contributed by atoms with Crippen molar-refractivity contribution >= 4 is 17.8 Å². The number of urea groups is 1. The van der Waals surface area contributed by atoms with Crippen molar-refractivity contribution < 1.29 is 18.8 Å². The van der Waals surface area contributed by atoms with E-state index in [0.717, 1.165) is 25.7 Å². The maximum atomic E-state index is 13.1. The smallest absolute Gasteiger partial charge is 0.325 e. The molecule has 0 bridgehead atoms. The first-order valence-corrected chi connectivity index (χ1v) is 10.2. The molecule has 150 valence electrons. The van der Waals surface area contributed by atoms with Gasteiger partial charge in [-0.2, -0.15) is 0 Å². The second-order valence-electron chi connectivity index (χ2n) is 8.19. The molecule has 1 spiro atoms. The number of carbonyl (C=O) groups is 3. The van der Waals surface area contributed by atoms with E-state index in [4.69, 9.17) is 0 Å². The number of hydrogen-bond donors (Lipinski definition) is 1. The molecule has 6 nitrogen and oxygen atoms in total. The van der Waals surface area contributed by atoms with Gasteiger partial charge in [0.15, 0.2) is 0 Å². The van der Waals surface area contributed by atoms with E-state index in [1.54, 1.807) is 12.1 Å². The molecular weight excluding hydrogens is 361 g/mol. The van der Waals surface area contributed by atoms with E-state index in [2.05, 4.69) is 5.32 Å². The van der Waals surface area contributed by atoms with E-state index in [0.29, 0.717) is 31.5 Å². The number of piperidine rings is 1. The lowest BCUT2D eigenvalue weighted by molar-refractivity contribution is -0.142. The largest absolute Gasteiger partial charge is 0.342 e. The first-order chi connectivity index (χ1) is 13.5. The van der Waals surface area contributed by atoms with Gasteiger partial charge in [0.25, 0.3) is 5.91 Å². The fourth-order valence-electron chi connectivity index (χ4n) is 4.65. The Labute approximate surface area is 164 Å². The third-order valence-electron chi connectivity index (χ3n) is 6.38. The highest BCUT2D eigenvalue weighted by atomic mass is 19.1. The third-order valence-corrected chi connectivity index (χ3v) is 6.38. The minimum absolute atomic E-state index is 0.117. The number of nitrogens with one attached hydrogen (secondary N) is 1. The molecule has 0 unspecified atom stereocenters. The zero-order valence-corrected chi connectivity index (χ0v) is 16.0. The Morgan fingerprint density at radius 2 is 1.71 bits per heavy atom. The Hall–Kier alpha value is -2.44. The quantitative estimate of drug-likeness (QED) is 0.811. The third kappa shape index (κ3) is 3.50. The average molecular weight is 387 g/mol. The summed E-state index contributed by atoms with van der Waals surface area (Å²) in [5.41, 5.74) is -0.215. The van der Waals surface area contributed by atoms with Crippen LogP contribution >= 0.6 is 0 Å². The van der Waals surface area contributed by atoms with Crippen LogP contribution in [0.5, 0.6) is 0 Å². The van der Waals surface area contributed by atoms with Crippen molar-refractivity contribution in [3.63, 3.8) is 0 Å². The number of carbonyl (C=O) groups excluding carboxylic acids is 3. The van der Waals surface area contributed by atoms with Crippen molar-refractivity contribution in [2.24, 2.45) is 5.92 Å². The van der Waals surface area contributed by atoms with Gasteiger partial charge in [0.2, 0.25) is 5.91 Å². The average Bonchev–Trinajstić information content (AvgIpc) is 2.94. The van der Waals surface area contributed by atoms with E-state index < -0.39 is 11.6 Å². The topological polar surface area (TPSA) is 69.7 Å². The number of hydrogen-bond acceptors (Lipinski definition) is 3. The molecule has 3 aliphatic rings. The van der Waals surface area contributed by atoms with Crippen LogP contribution in [-0.2, 0) is 16.1 Å². The summed E-state index contributed by atoms with van der Waals surface area (Å²) in [6, 6.07) is 5.37. The molecule has 1 N–H and O–H groups in total. The number of likely N-dealkylation sites (tertiary alicyclic amines) is 1. The van der Waals surface area contributed by atoms with E-state index in [1.807, 2.05) is 4.90 Å². The summed E-state index contributed by atoms with van der Waals surface area (Å²) in [6.45, 7) is 1.11. The molecule has 0 atom stereocenters. The van der Waals surface area contributed by atoms with Crippen LogP contribution in [0.3, 0.4) is 0 Å². The van der Waals surface area contributed by atoms with E-state index in [9.17, 15) is 18.8 Å². The van der Waals surface area contributed by atoms with E-state index >= 15 is 0 Å². The van der Waals surface area contributed by atoms with Crippen molar-refractivity contribution in [3.05, 3.63) is 35.6 Å². The molecule has 1 aromatic rings. The Bertz CT molecular complexity index is 766. The van der Waals surface area contributed by atoms with Crippen molar-refractivity contribution in [1.82, 2.24) is 15.1 Å². The van der Waals surface area contributed by atoms with Crippen LogP contribution in [0, 0.1) is 11.7 Å². The van der Waals surface area contributed by atoms with Crippen LogP contribution < -0.4 is 5.32 Å². The number of halogens is 1. The molecule has 2 aliphatic heterocycles. The SMILES string of the molecule is O=C(C1CCCCC1)N1CCC2(CC1)NC(=O)N(Cc1ccc(F)cc1)C2=O. The van der Waals surface area contributed by atoms with Gasteiger partial charge in [0.1, 0.15) is 11.4 Å². The maximum absolute atomic E-state index is 13.1. The number of amides is 4. The molecule has 4 rings (SSSR count). The molecule has 0 radical (unpaired) electrons. The highest BCUT2D eigenvalue weighted by molar-refractivity contribution is 6.07. The van der Waals surface area contributed by atoms with Gasteiger partial charge in [-0.15, -0.1) is 0 Å². The minimum atomic E-state index is -0.916. The van der Waals surface area contributed by atoms with Gasteiger partial charge in [0.05, 0.1) is 6.54 Å². The second kappa shape index (κ2) is 7.53. The van der Waals surface area contributed by atoms with Gasteiger partial charge in [0, 0.05) is 19.0 Å². The molecule has 28 heavy (non-hydrogen) atoms. The van der Waals surface area contributed by atoms with Crippen LogP contribution in [-0.4, -0.2) is 46.3 Å². The molecular formula is C21H26FN3O3. The van der Waals surface area contributed by atoms with Crippen LogP contribution in [0.15, 0.2) is 24.3 Å². The van der Waals surface area contributed by atoms with Crippen molar-refractivity contribution in [1.29, 1.82) is 0 Å². The fourth-order valence-corrected chi connectivity index (χ4v) is 4.65. The second-order valence-corrected chi connectivity index (χ2v) is 8.19. The van der Waals surface area contributed by atoms with Gasteiger partial charge in [-0.1, -0.05) is 31.4 Å². The number of rotatable bonds is 3. The molecule has 2 heterocycles. The molecule has 7 heteroatoms. The summed E-state index contributed by atoms with van der Waals surface area (Å²) in [7, 11) is 0. The standard InChI is InChI=1S/C21H26FN3O3/c22-17-8-6-15(7-9-17)14-25-19(27)21(23-20(25)28)10-12-24(13-11-21)18(26)16-4-2-1-3-5-16/h6-9,16H,1-5,10-14H2,(H,23,28). The summed E-state index contributed by atoms with van der Waals surface area (Å²) in [5.74, 6) is -0.278. The fraction of sp³-hybridized carbons (Fsp3) is 0.571. The van der Waals surface area contributed by atoms with Crippen LogP contribution in [0.1, 0.15) is 50.5 Å². The summed E-state index contributed by atoms with van der Waals surface area (Å²) in [4.78, 5) is 41.3. The van der Waals surface area contributed by atoms with Crippen LogP contribution in [0.25, 0.3) is 0 Å². The van der Waals surface area contributed by atoms with Crippen molar-refractivity contribution in [2.75, 3.05) is 13.1 Å². The molecule has 2 saturated heterocycles. The Morgan fingerprint density at radius 1 is 1.07 bits per heavy atom. The lowest BCUT2D eigenvalue weighted by Gasteiger charge is -2.39. The Balaban J connectivity index is 1.39. The lowest BCUT2D eigenvalue weighted by atomic mass is 9.84. The van der Waals surface area contributed by atoms with Gasteiger partial charge < -0.3 is 10.2 Å². The van der Waals surface area contributed by atoms with Crippen molar-refractivity contribution in [2.45, 2.75) is 57.0 Å². The van der Waals surface area contributed by atoms with E-state index in [-0.39, 0.29) is 30.1 Å². The molecule has 0 aromatic heterocycles. The Morgan fingerprint density at radius 3 is 2.36 bits per heavy atom. The first-order valence-electron chi connectivity index (χ1n) is 10.2. The minimum Gasteiger partial charge on any atom is -0.342 e. The van der Waals surface area contributed by atoms with Crippen LogP contribution in [0.4, 0.5) is 9.18 Å². The Kier molecular flexibility index (Phi) is 5.08. The zero-order chi connectivity index (χ0) is 19.7.